The van der Waals surface area contributed by atoms with Crippen LogP contribution in [0.1, 0.15) is 53.4 Å². The Kier molecular flexibility index (Phi) is 8.08. The van der Waals surface area contributed by atoms with Crippen molar-refractivity contribution in [1.29, 1.82) is 0 Å². The predicted octanol–water partition coefficient (Wildman–Crippen LogP) is 4.21. The van der Waals surface area contributed by atoms with Crippen LogP contribution in [0.15, 0.2) is 41.4 Å². The number of nitrogens with zero attached hydrogens (tertiary/aromatic N) is 4. The van der Waals surface area contributed by atoms with Gasteiger partial charge in [0.1, 0.15) is 11.4 Å². The van der Waals surface area contributed by atoms with Gasteiger partial charge < -0.3 is 19.3 Å². The zero-order valence-electron chi connectivity index (χ0n) is 24.0. The molecule has 0 aliphatic carbocycles. The van der Waals surface area contributed by atoms with Gasteiger partial charge in [-0.25, -0.2) is 20.1 Å². The molecule has 1 unspecified atom stereocenters. The fourth-order valence-corrected chi connectivity index (χ4v) is 5.20. The van der Waals surface area contributed by atoms with Gasteiger partial charge in [-0.15, -0.1) is 13.2 Å². The predicted molar refractivity (Wildman–Crippen MR) is 147 cm³/mol. The highest BCUT2D eigenvalue weighted by atomic mass is 19.4. The van der Waals surface area contributed by atoms with Crippen molar-refractivity contribution in [2.75, 3.05) is 32.7 Å². The lowest BCUT2D eigenvalue weighted by molar-refractivity contribution is -0.274. The minimum absolute atomic E-state index is 0.134. The van der Waals surface area contributed by atoms with Crippen molar-refractivity contribution in [3.05, 3.63) is 64.2 Å². The second kappa shape index (κ2) is 11.4. The van der Waals surface area contributed by atoms with Crippen LogP contribution in [0.5, 0.6) is 5.75 Å². The summed E-state index contributed by atoms with van der Waals surface area (Å²) in [5.41, 5.74) is 6.14. The van der Waals surface area contributed by atoms with Crippen molar-refractivity contribution in [1.82, 2.24) is 20.2 Å². The molecular formula is C29H34F3N5O5. The number of halogens is 3. The first-order chi connectivity index (χ1) is 19.7. The first kappa shape index (κ1) is 29.6. The number of amidine groups is 1. The van der Waals surface area contributed by atoms with Crippen LogP contribution < -0.4 is 10.2 Å². The van der Waals surface area contributed by atoms with Gasteiger partial charge in [-0.05, 0) is 68.7 Å². The van der Waals surface area contributed by atoms with Gasteiger partial charge in [0.2, 0.25) is 0 Å². The van der Waals surface area contributed by atoms with E-state index in [4.69, 9.17) is 14.6 Å². The van der Waals surface area contributed by atoms with Gasteiger partial charge >= 0.3 is 12.5 Å². The number of aliphatic imine (C=N–C) groups is 1. The molecule has 0 saturated carbocycles. The molecule has 2 amide bonds. The molecule has 0 radical (unpaired) electrons. The fourth-order valence-electron chi connectivity index (χ4n) is 5.20. The Morgan fingerprint density at radius 3 is 2.43 bits per heavy atom. The molecule has 226 valence electrons. The minimum Gasteiger partial charge on any atom is -0.444 e. The summed E-state index contributed by atoms with van der Waals surface area (Å²) in [5, 5.41) is 0. The topological polar surface area (TPSA) is 95.9 Å². The highest BCUT2D eigenvalue weighted by Crippen LogP contribution is 2.30. The molecular weight excluding hydrogens is 555 g/mol. The van der Waals surface area contributed by atoms with E-state index >= 15 is 0 Å². The SMILES string of the molecule is Cc1cc(C2=NC(CN3CCN(C(=O)OC(C)(C)C)CC3)ON2)cc2c1C(=O)N(Cc1ccc(OC(F)(F)F)cc1)C2. The second-order valence-electron chi connectivity index (χ2n) is 11.6. The molecule has 3 aliphatic rings. The van der Waals surface area contributed by atoms with Crippen LogP contribution in [0, 0.1) is 6.92 Å². The van der Waals surface area contributed by atoms with E-state index in [1.54, 1.807) is 9.80 Å². The monoisotopic (exact) mass is 589 g/mol. The number of fused-ring (bicyclic) bond motifs is 1. The summed E-state index contributed by atoms with van der Waals surface area (Å²) in [6, 6.07) is 9.31. The number of carbonyl (C=O) groups is 2. The Morgan fingerprint density at radius 1 is 1.10 bits per heavy atom. The van der Waals surface area contributed by atoms with Crippen LogP contribution in [0.2, 0.25) is 0 Å². The fraction of sp³-hybridized carbons (Fsp3) is 0.483. The Labute approximate surface area is 242 Å². The summed E-state index contributed by atoms with van der Waals surface area (Å²) in [6.07, 6.45) is -5.49. The smallest absolute Gasteiger partial charge is 0.444 e. The van der Waals surface area contributed by atoms with Gasteiger partial charge in [0.05, 0.1) is 0 Å². The number of amides is 2. The van der Waals surface area contributed by atoms with Crippen molar-refractivity contribution in [2.24, 2.45) is 4.99 Å². The number of carbonyl (C=O) groups excluding carboxylic acids is 2. The molecule has 10 nitrogen and oxygen atoms in total. The van der Waals surface area contributed by atoms with Gasteiger partial charge in [-0.3, -0.25) is 9.69 Å². The minimum atomic E-state index is -4.76. The molecule has 1 atom stereocenters. The number of rotatable bonds is 6. The van der Waals surface area contributed by atoms with E-state index in [0.29, 0.717) is 56.2 Å². The number of nitrogens with one attached hydrogen (secondary N) is 1. The quantitative estimate of drug-likeness (QED) is 0.540. The normalized spacial score (nSPS) is 19.5. The molecule has 42 heavy (non-hydrogen) atoms. The van der Waals surface area contributed by atoms with Crippen LogP contribution in [-0.4, -0.2) is 83.5 Å². The van der Waals surface area contributed by atoms with E-state index in [0.717, 1.165) is 16.7 Å². The van der Waals surface area contributed by atoms with Crippen molar-refractivity contribution in [3.63, 3.8) is 0 Å². The summed E-state index contributed by atoms with van der Waals surface area (Å²) in [4.78, 5) is 41.5. The lowest BCUT2D eigenvalue weighted by Gasteiger charge is -2.35. The molecule has 1 N–H and O–H groups in total. The van der Waals surface area contributed by atoms with Crippen molar-refractivity contribution < 1.29 is 37.1 Å². The average molecular weight is 590 g/mol. The van der Waals surface area contributed by atoms with Crippen LogP contribution in [0.25, 0.3) is 0 Å². The molecule has 5 rings (SSSR count). The standard InChI is InChI=1S/C29H34F3N5O5/c1-18-13-20(25-33-23(42-34-25)17-35-9-11-36(12-10-35)27(39)41-28(2,3)4)14-21-16-37(26(38)24(18)21)15-19-5-7-22(8-6-19)40-29(30,31)32/h5-8,13-14,23H,9-12,15-17H2,1-4H3,(H,33,34). The van der Waals surface area contributed by atoms with Crippen LogP contribution >= 0.6 is 0 Å². The third kappa shape index (κ3) is 7.13. The van der Waals surface area contributed by atoms with Crippen molar-refractivity contribution >= 4 is 17.8 Å². The summed E-state index contributed by atoms with van der Waals surface area (Å²) in [6.45, 7) is 11.1. The highest BCUT2D eigenvalue weighted by molar-refractivity contribution is 6.04. The molecule has 0 spiro atoms. The number of aryl methyl sites for hydroxylation is 1. The molecule has 13 heteroatoms. The lowest BCUT2D eigenvalue weighted by atomic mass is 10.00. The lowest BCUT2D eigenvalue weighted by Crippen LogP contribution is -2.51. The maximum absolute atomic E-state index is 13.2. The number of benzene rings is 2. The Hall–Kier alpha value is -3.84. The molecule has 1 fully saturated rings. The summed E-state index contributed by atoms with van der Waals surface area (Å²) in [7, 11) is 0. The molecule has 2 aromatic carbocycles. The third-order valence-electron chi connectivity index (χ3n) is 7.09. The zero-order chi connectivity index (χ0) is 30.2. The maximum atomic E-state index is 13.2. The Morgan fingerprint density at radius 2 is 1.79 bits per heavy atom. The summed E-state index contributed by atoms with van der Waals surface area (Å²) in [5.74, 6) is 0.131. The largest absolute Gasteiger partial charge is 0.573 e. The number of hydrogen-bond acceptors (Lipinski definition) is 8. The van der Waals surface area contributed by atoms with E-state index in [-0.39, 0.29) is 24.3 Å². The Balaban J connectivity index is 1.18. The maximum Gasteiger partial charge on any atom is 0.573 e. The molecule has 3 aliphatic heterocycles. The summed E-state index contributed by atoms with van der Waals surface area (Å²) < 4.78 is 46.7. The van der Waals surface area contributed by atoms with Gasteiger partial charge in [0.15, 0.2) is 12.1 Å². The van der Waals surface area contributed by atoms with Crippen LogP contribution in [0.3, 0.4) is 0 Å². The van der Waals surface area contributed by atoms with Crippen molar-refractivity contribution in [3.8, 4) is 5.75 Å². The van der Waals surface area contributed by atoms with Gasteiger partial charge in [-0.2, -0.15) is 0 Å². The highest BCUT2D eigenvalue weighted by Gasteiger charge is 2.33. The van der Waals surface area contributed by atoms with Crippen molar-refractivity contribution in [2.45, 2.75) is 59.0 Å². The first-order valence-corrected chi connectivity index (χ1v) is 13.7. The van der Waals surface area contributed by atoms with E-state index in [9.17, 15) is 22.8 Å². The number of ether oxygens (including phenoxy) is 2. The van der Waals surface area contributed by atoms with Gasteiger partial charge in [0.25, 0.3) is 5.91 Å². The molecule has 0 bridgehead atoms. The summed E-state index contributed by atoms with van der Waals surface area (Å²) >= 11 is 0. The number of hydroxylamine groups is 1. The van der Waals surface area contributed by atoms with E-state index in [2.05, 4.69) is 15.1 Å². The van der Waals surface area contributed by atoms with Gasteiger partial charge in [0, 0.05) is 56.9 Å². The molecule has 2 aromatic rings. The molecule has 0 aromatic heterocycles. The number of piperazine rings is 1. The van der Waals surface area contributed by atoms with E-state index in [1.165, 1.54) is 24.3 Å². The van der Waals surface area contributed by atoms with Crippen LogP contribution in [-0.2, 0) is 22.7 Å². The average Bonchev–Trinajstić information content (AvgIpc) is 3.48. The zero-order valence-corrected chi connectivity index (χ0v) is 24.0. The second-order valence-corrected chi connectivity index (χ2v) is 11.6. The van der Waals surface area contributed by atoms with Crippen LogP contribution in [0.4, 0.5) is 18.0 Å². The number of hydrogen-bond donors (Lipinski definition) is 1. The first-order valence-electron chi connectivity index (χ1n) is 13.7. The number of alkyl halides is 3. The molecule has 1 saturated heterocycles. The Bertz CT molecular complexity index is 1370. The molecule has 3 heterocycles. The van der Waals surface area contributed by atoms with E-state index in [1.807, 2.05) is 39.8 Å². The van der Waals surface area contributed by atoms with E-state index < -0.39 is 18.2 Å². The van der Waals surface area contributed by atoms with Gasteiger partial charge in [-0.1, -0.05) is 12.1 Å². The third-order valence-corrected chi connectivity index (χ3v) is 7.09.